The molecule has 0 bridgehead atoms. The number of hydrogen-bond acceptors (Lipinski definition) is 6. The first-order chi connectivity index (χ1) is 16.1. The minimum Gasteiger partial charge on any atom is -0.348 e. The second kappa shape index (κ2) is 10.7. The molecule has 0 aliphatic carbocycles. The fraction of sp³-hybridized carbons (Fsp3) is 0.360. The largest absolute Gasteiger partial charge is 0.348 e. The first-order valence-corrected chi connectivity index (χ1v) is 12.4. The van der Waals surface area contributed by atoms with E-state index in [0.717, 1.165) is 48.3 Å². The molecule has 0 spiro atoms. The number of rotatable bonds is 10. The van der Waals surface area contributed by atoms with E-state index >= 15 is 0 Å². The van der Waals surface area contributed by atoms with Crippen molar-refractivity contribution in [2.45, 2.75) is 39.7 Å². The Labute approximate surface area is 198 Å². The van der Waals surface area contributed by atoms with Crippen molar-refractivity contribution in [3.05, 3.63) is 59.9 Å². The van der Waals surface area contributed by atoms with Crippen LogP contribution in [-0.4, -0.2) is 56.2 Å². The maximum absolute atomic E-state index is 13.4. The van der Waals surface area contributed by atoms with Gasteiger partial charge in [0.2, 0.25) is 0 Å². The fourth-order valence-corrected chi connectivity index (χ4v) is 4.76. The quantitative estimate of drug-likeness (QED) is 0.367. The van der Waals surface area contributed by atoms with Gasteiger partial charge in [0, 0.05) is 28.9 Å². The van der Waals surface area contributed by atoms with Crippen LogP contribution in [0.1, 0.15) is 44.1 Å². The first-order valence-electron chi connectivity index (χ1n) is 11.5. The fourth-order valence-electron chi connectivity index (χ4n) is 4.00. The van der Waals surface area contributed by atoms with Crippen molar-refractivity contribution in [3.8, 4) is 16.3 Å². The van der Waals surface area contributed by atoms with Crippen molar-refractivity contribution < 1.29 is 4.79 Å². The molecule has 1 atom stereocenters. The predicted molar refractivity (Wildman–Crippen MR) is 134 cm³/mol. The van der Waals surface area contributed by atoms with Gasteiger partial charge in [-0.15, -0.1) is 11.3 Å². The summed E-state index contributed by atoms with van der Waals surface area (Å²) in [6, 6.07) is 11.7. The number of pyridine rings is 2. The molecule has 0 aliphatic heterocycles. The molecule has 7 nitrogen and oxygen atoms in total. The van der Waals surface area contributed by atoms with Crippen molar-refractivity contribution in [1.82, 2.24) is 30.0 Å². The van der Waals surface area contributed by atoms with Gasteiger partial charge in [0.1, 0.15) is 0 Å². The maximum Gasteiger partial charge on any atom is 0.272 e. The van der Waals surface area contributed by atoms with Gasteiger partial charge in [0.15, 0.2) is 17.2 Å². The average Bonchev–Trinajstić information content (AvgIpc) is 3.51. The average molecular weight is 463 g/mol. The van der Waals surface area contributed by atoms with E-state index in [1.54, 1.807) is 28.4 Å². The first kappa shape index (κ1) is 23.1. The molecule has 4 aromatic rings. The summed E-state index contributed by atoms with van der Waals surface area (Å²) < 4.78 is 1.66. The number of thiophene rings is 1. The third-order valence-electron chi connectivity index (χ3n) is 5.82. The summed E-state index contributed by atoms with van der Waals surface area (Å²) in [6.45, 7) is 9.54. The van der Waals surface area contributed by atoms with E-state index in [2.05, 4.69) is 47.0 Å². The lowest BCUT2D eigenvalue weighted by Crippen LogP contribution is -2.34. The molecule has 0 aliphatic rings. The van der Waals surface area contributed by atoms with E-state index in [0.29, 0.717) is 17.2 Å². The van der Waals surface area contributed by atoms with Crippen LogP contribution in [0.2, 0.25) is 0 Å². The van der Waals surface area contributed by atoms with Crippen molar-refractivity contribution in [2.75, 3.05) is 19.6 Å². The molecule has 1 amide bonds. The minimum absolute atomic E-state index is 0.0463. The molecule has 0 aromatic carbocycles. The highest BCUT2D eigenvalue weighted by atomic mass is 32.1. The van der Waals surface area contributed by atoms with E-state index in [1.807, 2.05) is 35.7 Å². The summed E-state index contributed by atoms with van der Waals surface area (Å²) in [5.41, 5.74) is 1.96. The summed E-state index contributed by atoms with van der Waals surface area (Å²) in [4.78, 5) is 25.9. The summed E-state index contributed by atoms with van der Waals surface area (Å²) in [5.74, 6) is 0.445. The highest BCUT2D eigenvalue weighted by molar-refractivity contribution is 7.13. The van der Waals surface area contributed by atoms with Gasteiger partial charge >= 0.3 is 0 Å². The smallest absolute Gasteiger partial charge is 0.272 e. The lowest BCUT2D eigenvalue weighted by atomic mass is 10.1. The Morgan fingerprint density at radius 3 is 2.67 bits per heavy atom. The summed E-state index contributed by atoms with van der Waals surface area (Å²) in [7, 11) is 0. The summed E-state index contributed by atoms with van der Waals surface area (Å²) >= 11 is 1.63. The highest BCUT2D eigenvalue weighted by Gasteiger charge is 2.24. The topological polar surface area (TPSA) is 75.9 Å². The molecule has 0 radical (unpaired) electrons. The van der Waals surface area contributed by atoms with Crippen molar-refractivity contribution in [1.29, 1.82) is 0 Å². The molecular formula is C25H30N6OS. The SMILES string of the molecule is CCN(CC)CCCC(C)NC(=O)c1nn(-c2ccccn2)c2nccc(-c3cccs3)c12. The number of aromatic nitrogens is 4. The van der Waals surface area contributed by atoms with Crippen LogP contribution in [0.4, 0.5) is 0 Å². The van der Waals surface area contributed by atoms with Crippen LogP contribution in [0.25, 0.3) is 27.3 Å². The third-order valence-corrected chi connectivity index (χ3v) is 6.72. The molecule has 4 aromatic heterocycles. The molecule has 1 N–H and O–H groups in total. The third kappa shape index (κ3) is 5.12. The van der Waals surface area contributed by atoms with Crippen LogP contribution in [0.5, 0.6) is 0 Å². The van der Waals surface area contributed by atoms with Crippen LogP contribution in [0.15, 0.2) is 54.2 Å². The summed E-state index contributed by atoms with van der Waals surface area (Å²) in [6.07, 6.45) is 5.42. The zero-order valence-corrected chi connectivity index (χ0v) is 20.2. The second-order valence-corrected chi connectivity index (χ2v) is 8.97. The molecule has 33 heavy (non-hydrogen) atoms. The predicted octanol–water partition coefficient (Wildman–Crippen LogP) is 4.78. The zero-order chi connectivity index (χ0) is 23.2. The lowest BCUT2D eigenvalue weighted by Gasteiger charge is -2.19. The molecule has 4 heterocycles. The molecular weight excluding hydrogens is 432 g/mol. The van der Waals surface area contributed by atoms with E-state index in [1.165, 1.54) is 0 Å². The van der Waals surface area contributed by atoms with Gasteiger partial charge in [-0.3, -0.25) is 4.79 Å². The Kier molecular flexibility index (Phi) is 7.47. The number of amides is 1. The number of nitrogens with one attached hydrogen (secondary N) is 1. The van der Waals surface area contributed by atoms with Crippen molar-refractivity contribution in [3.63, 3.8) is 0 Å². The molecule has 8 heteroatoms. The maximum atomic E-state index is 13.4. The standard InChI is InChI=1S/C25H30N6OS/c1-4-30(5-2)16-8-10-18(3)28-25(32)23-22-19(20-11-9-17-33-20)13-15-27-24(22)31(29-23)21-12-6-7-14-26-21/h6-7,9,11-15,17-18H,4-5,8,10,16H2,1-3H3,(H,28,32). The summed E-state index contributed by atoms with van der Waals surface area (Å²) in [5, 5.41) is 10.6. The number of carbonyl (C=O) groups is 1. The second-order valence-electron chi connectivity index (χ2n) is 8.03. The van der Waals surface area contributed by atoms with E-state index < -0.39 is 0 Å². The van der Waals surface area contributed by atoms with Crippen molar-refractivity contribution >= 4 is 28.3 Å². The van der Waals surface area contributed by atoms with Gasteiger partial charge in [0.05, 0.1) is 5.39 Å². The normalized spacial score (nSPS) is 12.4. The van der Waals surface area contributed by atoms with Gasteiger partial charge in [-0.1, -0.05) is 26.0 Å². The number of hydrogen-bond donors (Lipinski definition) is 1. The lowest BCUT2D eigenvalue weighted by molar-refractivity contribution is 0.0933. The highest BCUT2D eigenvalue weighted by Crippen LogP contribution is 2.33. The Morgan fingerprint density at radius 1 is 1.12 bits per heavy atom. The molecule has 4 rings (SSSR count). The Bertz CT molecular complexity index is 1180. The van der Waals surface area contributed by atoms with Crippen LogP contribution < -0.4 is 5.32 Å². The Hall–Kier alpha value is -3.10. The van der Waals surface area contributed by atoms with Gasteiger partial charge < -0.3 is 10.2 Å². The number of carbonyl (C=O) groups excluding carboxylic acids is 1. The van der Waals surface area contributed by atoms with E-state index in [9.17, 15) is 4.79 Å². The van der Waals surface area contributed by atoms with E-state index in [4.69, 9.17) is 5.10 Å². The number of fused-ring (bicyclic) bond motifs is 1. The van der Waals surface area contributed by atoms with Crippen LogP contribution in [-0.2, 0) is 0 Å². The van der Waals surface area contributed by atoms with Crippen molar-refractivity contribution in [2.24, 2.45) is 0 Å². The molecule has 0 saturated heterocycles. The molecule has 0 fully saturated rings. The molecule has 0 saturated carbocycles. The van der Waals surface area contributed by atoms with Gasteiger partial charge in [-0.2, -0.15) is 9.78 Å². The van der Waals surface area contributed by atoms with Crippen LogP contribution in [0, 0.1) is 0 Å². The van der Waals surface area contributed by atoms with Gasteiger partial charge in [0.25, 0.3) is 5.91 Å². The monoisotopic (exact) mass is 462 g/mol. The molecule has 1 unspecified atom stereocenters. The van der Waals surface area contributed by atoms with E-state index in [-0.39, 0.29) is 11.9 Å². The zero-order valence-electron chi connectivity index (χ0n) is 19.4. The van der Waals surface area contributed by atoms with Gasteiger partial charge in [-0.05, 0) is 69.0 Å². The van der Waals surface area contributed by atoms with Crippen LogP contribution in [0.3, 0.4) is 0 Å². The Morgan fingerprint density at radius 2 is 1.97 bits per heavy atom. The van der Waals surface area contributed by atoms with Gasteiger partial charge in [-0.25, -0.2) is 9.97 Å². The Balaban J connectivity index is 1.66. The minimum atomic E-state index is -0.184. The van der Waals surface area contributed by atoms with Crippen LogP contribution >= 0.6 is 11.3 Å². The molecule has 172 valence electrons. The number of nitrogens with zero attached hydrogens (tertiary/aromatic N) is 5.